The number of ether oxygens (including phenoxy) is 2. The zero-order chi connectivity index (χ0) is 34.5. The van der Waals surface area contributed by atoms with Crippen LogP contribution >= 0.6 is 11.8 Å². The lowest BCUT2D eigenvalue weighted by atomic mass is 9.98. The highest BCUT2D eigenvalue weighted by atomic mass is 32.2. The Hall–Kier alpha value is -6.18. The van der Waals surface area contributed by atoms with Crippen LogP contribution in [0.3, 0.4) is 0 Å². The number of benzene rings is 4. The molecule has 2 aromatic heterocycles. The number of carboxylic acids is 1. The van der Waals surface area contributed by atoms with Crippen molar-refractivity contribution in [3.63, 3.8) is 0 Å². The summed E-state index contributed by atoms with van der Waals surface area (Å²) in [4.78, 5) is 34.9. The zero-order valence-electron chi connectivity index (χ0n) is 26.8. The quantitative estimate of drug-likeness (QED) is 0.138. The average Bonchev–Trinajstić information content (AvgIpc) is 3.14. The van der Waals surface area contributed by atoms with Crippen LogP contribution in [0.1, 0.15) is 22.8 Å². The van der Waals surface area contributed by atoms with Gasteiger partial charge in [-0.25, -0.2) is 14.8 Å². The highest BCUT2D eigenvalue weighted by Gasteiger charge is 2.23. The molecule has 6 aromatic rings. The van der Waals surface area contributed by atoms with Gasteiger partial charge in [0, 0.05) is 33.3 Å². The summed E-state index contributed by atoms with van der Waals surface area (Å²) in [5.74, 6) is -0.158. The molecule has 0 aliphatic carbocycles. The topological polar surface area (TPSA) is 134 Å². The number of carboxylic acid groups (broad SMARTS) is 1. The molecule has 2 N–H and O–H groups in total. The maximum absolute atomic E-state index is 13.5. The van der Waals surface area contributed by atoms with Crippen molar-refractivity contribution in [2.45, 2.75) is 17.2 Å². The third kappa shape index (κ3) is 6.93. The summed E-state index contributed by atoms with van der Waals surface area (Å²) < 4.78 is 11.1. The van der Waals surface area contributed by atoms with Crippen molar-refractivity contribution in [2.24, 2.45) is 0 Å². The first kappa shape index (κ1) is 32.7. The van der Waals surface area contributed by atoms with E-state index in [1.807, 2.05) is 48.5 Å². The Balaban J connectivity index is 1.29. The summed E-state index contributed by atoms with van der Waals surface area (Å²) in [6, 6.07) is 34.9. The number of fused-ring (bicyclic) bond motifs is 1. The molecule has 0 saturated carbocycles. The number of nitrogens with one attached hydrogen (secondary N) is 1. The van der Waals surface area contributed by atoms with Crippen molar-refractivity contribution in [2.75, 3.05) is 19.5 Å². The summed E-state index contributed by atoms with van der Waals surface area (Å²) in [6.07, 6.45) is 0. The second-order valence-electron chi connectivity index (χ2n) is 11.0. The smallest absolute Gasteiger partial charge is 0.336 e. The van der Waals surface area contributed by atoms with E-state index in [0.717, 1.165) is 5.56 Å². The Kier molecular flexibility index (Phi) is 9.55. The van der Waals surface area contributed by atoms with Gasteiger partial charge in [0.25, 0.3) is 0 Å². The van der Waals surface area contributed by atoms with E-state index >= 15 is 0 Å². The van der Waals surface area contributed by atoms with Gasteiger partial charge in [0.1, 0.15) is 22.6 Å². The number of anilines is 1. The van der Waals surface area contributed by atoms with Crippen LogP contribution in [-0.2, 0) is 4.79 Å². The van der Waals surface area contributed by atoms with Crippen LogP contribution in [0.5, 0.6) is 11.5 Å². The minimum Gasteiger partial charge on any atom is -0.497 e. The Morgan fingerprint density at radius 2 is 1.51 bits per heavy atom. The molecule has 0 saturated heterocycles. The summed E-state index contributed by atoms with van der Waals surface area (Å²) in [7, 11) is 3.14. The molecule has 6 rings (SSSR count). The maximum Gasteiger partial charge on any atom is 0.336 e. The lowest BCUT2D eigenvalue weighted by Crippen LogP contribution is -2.22. The lowest BCUT2D eigenvalue weighted by Gasteiger charge is -2.17. The molecule has 49 heavy (non-hydrogen) atoms. The van der Waals surface area contributed by atoms with E-state index < -0.39 is 11.2 Å². The summed E-state index contributed by atoms with van der Waals surface area (Å²) in [5, 5.41) is 23.5. The molecule has 0 bridgehead atoms. The SMILES string of the molecule is COc1ccc(OC)c(-c2cc(-c3ccccc3)nc(SC(C)C(=O)Nc3ccc(-c4cc(C(=O)O)c5ccccc5n4)cc3)c2C#N)c1. The average molecular weight is 667 g/mol. The normalized spacial score (nSPS) is 11.4. The van der Waals surface area contributed by atoms with Gasteiger partial charge in [0.15, 0.2) is 0 Å². The Labute approximate surface area is 287 Å². The minimum absolute atomic E-state index is 0.165. The number of amides is 1. The molecule has 1 unspecified atom stereocenters. The lowest BCUT2D eigenvalue weighted by molar-refractivity contribution is -0.115. The van der Waals surface area contributed by atoms with Gasteiger partial charge in [-0.05, 0) is 55.5 Å². The van der Waals surface area contributed by atoms with Crippen LogP contribution in [0.4, 0.5) is 5.69 Å². The molecule has 1 amide bonds. The number of aromatic nitrogens is 2. The fourth-order valence-electron chi connectivity index (χ4n) is 5.40. The molecule has 2 heterocycles. The van der Waals surface area contributed by atoms with E-state index in [0.29, 0.717) is 66.8 Å². The number of carbonyl (C=O) groups is 2. The fourth-order valence-corrected chi connectivity index (χ4v) is 6.32. The number of methoxy groups -OCH3 is 2. The molecule has 0 radical (unpaired) electrons. The van der Waals surface area contributed by atoms with Crippen molar-refractivity contribution >= 4 is 40.2 Å². The molecule has 10 heteroatoms. The second-order valence-corrected chi connectivity index (χ2v) is 12.3. The predicted molar refractivity (Wildman–Crippen MR) is 191 cm³/mol. The summed E-state index contributed by atoms with van der Waals surface area (Å²) in [6.45, 7) is 1.75. The van der Waals surface area contributed by atoms with Crippen LogP contribution < -0.4 is 14.8 Å². The van der Waals surface area contributed by atoms with Gasteiger partial charge in [-0.2, -0.15) is 5.26 Å². The van der Waals surface area contributed by atoms with Crippen molar-refractivity contribution in [1.29, 1.82) is 5.26 Å². The fraction of sp³-hybridized carbons (Fsp3) is 0.103. The van der Waals surface area contributed by atoms with Crippen LogP contribution in [0, 0.1) is 11.3 Å². The number of thioether (sulfide) groups is 1. The van der Waals surface area contributed by atoms with Gasteiger partial charge in [0.2, 0.25) is 5.91 Å². The zero-order valence-corrected chi connectivity index (χ0v) is 27.6. The molecular formula is C39H30N4O5S. The number of pyridine rings is 2. The molecule has 0 fully saturated rings. The number of carbonyl (C=O) groups excluding carboxylic acids is 1. The third-order valence-electron chi connectivity index (χ3n) is 7.92. The predicted octanol–water partition coefficient (Wildman–Crippen LogP) is 8.34. The minimum atomic E-state index is -1.03. The molecule has 1 atom stereocenters. The molecule has 0 aliphatic heterocycles. The Morgan fingerprint density at radius 1 is 0.816 bits per heavy atom. The van der Waals surface area contributed by atoms with Gasteiger partial charge in [0.05, 0.1) is 47.5 Å². The molecular weight excluding hydrogens is 637 g/mol. The van der Waals surface area contributed by atoms with Gasteiger partial charge in [-0.15, -0.1) is 0 Å². The van der Waals surface area contributed by atoms with Crippen LogP contribution in [-0.4, -0.2) is 46.4 Å². The first-order chi connectivity index (χ1) is 23.8. The summed E-state index contributed by atoms with van der Waals surface area (Å²) >= 11 is 1.19. The van der Waals surface area contributed by atoms with Gasteiger partial charge >= 0.3 is 5.97 Å². The third-order valence-corrected chi connectivity index (χ3v) is 9.00. The van der Waals surface area contributed by atoms with Gasteiger partial charge < -0.3 is 19.9 Å². The molecule has 0 spiro atoms. The van der Waals surface area contributed by atoms with E-state index in [-0.39, 0.29) is 11.5 Å². The number of nitriles is 1. The molecule has 0 aliphatic rings. The number of para-hydroxylation sites is 1. The number of rotatable bonds is 10. The first-order valence-electron chi connectivity index (χ1n) is 15.2. The number of hydrogen-bond donors (Lipinski definition) is 2. The second kappa shape index (κ2) is 14.3. The molecule has 4 aromatic carbocycles. The summed E-state index contributed by atoms with van der Waals surface area (Å²) in [5.41, 5.74) is 5.57. The van der Waals surface area contributed by atoms with E-state index in [1.54, 1.807) is 81.8 Å². The van der Waals surface area contributed by atoms with E-state index in [1.165, 1.54) is 11.8 Å². The Morgan fingerprint density at radius 3 is 2.20 bits per heavy atom. The van der Waals surface area contributed by atoms with E-state index in [4.69, 9.17) is 14.5 Å². The van der Waals surface area contributed by atoms with Crippen molar-refractivity contribution in [1.82, 2.24) is 9.97 Å². The van der Waals surface area contributed by atoms with Crippen molar-refractivity contribution < 1.29 is 24.2 Å². The maximum atomic E-state index is 13.5. The van der Waals surface area contributed by atoms with Crippen molar-refractivity contribution in [3.05, 3.63) is 120 Å². The van der Waals surface area contributed by atoms with E-state index in [9.17, 15) is 20.0 Å². The van der Waals surface area contributed by atoms with Gasteiger partial charge in [-0.3, -0.25) is 4.79 Å². The largest absolute Gasteiger partial charge is 0.497 e. The van der Waals surface area contributed by atoms with E-state index in [2.05, 4.69) is 16.4 Å². The Bertz CT molecular complexity index is 2230. The number of nitrogens with zero attached hydrogens (tertiary/aromatic N) is 3. The monoisotopic (exact) mass is 666 g/mol. The molecule has 242 valence electrons. The standard InChI is InChI=1S/C39H30N4O5S/c1-23(37(44)41-26-15-13-25(14-16-26)34-21-31(39(45)46)28-11-7-8-12-33(28)42-34)49-38-32(22-40)29(20-35(43-38)24-9-5-4-6-10-24)30-19-27(47-2)17-18-36(30)48-3/h4-21,23H,1-3H3,(H,41,44)(H,45,46). The van der Waals surface area contributed by atoms with Crippen molar-refractivity contribution in [3.8, 4) is 51.2 Å². The van der Waals surface area contributed by atoms with Crippen LogP contribution in [0.2, 0.25) is 0 Å². The number of hydrogen-bond acceptors (Lipinski definition) is 8. The van der Waals surface area contributed by atoms with Crippen LogP contribution in [0.15, 0.2) is 114 Å². The first-order valence-corrected chi connectivity index (χ1v) is 16.1. The van der Waals surface area contributed by atoms with Gasteiger partial charge in [-0.1, -0.05) is 72.4 Å². The molecule has 9 nitrogen and oxygen atoms in total. The highest BCUT2D eigenvalue weighted by Crippen LogP contribution is 2.41. The number of aromatic carboxylic acids is 1. The highest BCUT2D eigenvalue weighted by molar-refractivity contribution is 8.00. The van der Waals surface area contributed by atoms with Crippen LogP contribution in [0.25, 0.3) is 44.5 Å².